The molecule has 9 nitrogen and oxygen atoms in total. The van der Waals surface area contributed by atoms with Crippen molar-refractivity contribution in [3.63, 3.8) is 0 Å². The third kappa shape index (κ3) is 6.97. The number of benzene rings is 2. The molecular weight excluding hydrogens is 532 g/mol. The number of hydrogen-bond acceptors (Lipinski definition) is 6. The molecule has 0 aliphatic carbocycles. The van der Waals surface area contributed by atoms with Gasteiger partial charge in [-0.15, -0.1) is 0 Å². The molecule has 0 radical (unpaired) electrons. The maximum absolute atomic E-state index is 13.6. The van der Waals surface area contributed by atoms with Crippen LogP contribution in [0.2, 0.25) is 0 Å². The molecule has 4 amide bonds. The number of nitrogens with one attached hydrogen (secondary N) is 3. The Balaban J connectivity index is 1.55. The molecule has 1 unspecified atom stereocenters. The number of imide groups is 1. The normalized spacial score (nSPS) is 17.8. The predicted molar refractivity (Wildman–Crippen MR) is 158 cm³/mol. The van der Waals surface area contributed by atoms with Crippen LogP contribution in [0.3, 0.4) is 0 Å². The number of aromatic nitrogens is 1. The SMILES string of the molecule is CCC(CC)C(NC(=O)C[C@H](NC(=O)c1cc(-c2ccccc2)ccn1)c1ccccc1)C(=O)[C@@H]1C(=O)NC(=O)[C@H]1C. The number of ketones is 1. The Kier molecular flexibility index (Phi) is 9.96. The van der Waals surface area contributed by atoms with Gasteiger partial charge in [-0.2, -0.15) is 0 Å². The minimum Gasteiger partial charge on any atom is -0.346 e. The number of hydrogen-bond donors (Lipinski definition) is 3. The van der Waals surface area contributed by atoms with Gasteiger partial charge in [0.1, 0.15) is 11.6 Å². The lowest BCUT2D eigenvalue weighted by Crippen LogP contribution is -2.50. The highest BCUT2D eigenvalue weighted by atomic mass is 16.2. The number of pyridine rings is 1. The molecule has 4 rings (SSSR count). The Labute approximate surface area is 245 Å². The van der Waals surface area contributed by atoms with Gasteiger partial charge in [-0.05, 0) is 34.7 Å². The van der Waals surface area contributed by atoms with Crippen LogP contribution in [0.1, 0.15) is 62.1 Å². The summed E-state index contributed by atoms with van der Waals surface area (Å²) in [4.78, 5) is 69.2. The van der Waals surface area contributed by atoms with Gasteiger partial charge >= 0.3 is 0 Å². The first-order chi connectivity index (χ1) is 20.2. The zero-order valence-electron chi connectivity index (χ0n) is 24.0. The van der Waals surface area contributed by atoms with Gasteiger partial charge in [-0.25, -0.2) is 0 Å². The maximum atomic E-state index is 13.6. The van der Waals surface area contributed by atoms with E-state index < -0.39 is 53.3 Å². The van der Waals surface area contributed by atoms with Crippen molar-refractivity contribution < 1.29 is 24.0 Å². The molecule has 1 aromatic heterocycles. The van der Waals surface area contributed by atoms with Crippen LogP contribution in [0.4, 0.5) is 0 Å². The largest absolute Gasteiger partial charge is 0.346 e. The Bertz CT molecular complexity index is 1440. The summed E-state index contributed by atoms with van der Waals surface area (Å²) in [6.07, 6.45) is 2.60. The molecule has 1 saturated heterocycles. The fourth-order valence-corrected chi connectivity index (χ4v) is 5.39. The quantitative estimate of drug-likeness (QED) is 0.223. The van der Waals surface area contributed by atoms with E-state index in [0.717, 1.165) is 11.1 Å². The summed E-state index contributed by atoms with van der Waals surface area (Å²) in [6.45, 7) is 5.36. The summed E-state index contributed by atoms with van der Waals surface area (Å²) in [6, 6.07) is 20.6. The summed E-state index contributed by atoms with van der Waals surface area (Å²) >= 11 is 0. The highest BCUT2D eigenvalue weighted by molar-refractivity contribution is 6.16. The van der Waals surface area contributed by atoms with Gasteiger partial charge in [-0.3, -0.25) is 34.3 Å². The summed E-state index contributed by atoms with van der Waals surface area (Å²) in [5.74, 6) is -4.71. The third-order valence-electron chi connectivity index (χ3n) is 7.89. The van der Waals surface area contributed by atoms with Crippen LogP contribution in [0, 0.1) is 17.8 Å². The van der Waals surface area contributed by atoms with Crippen LogP contribution in [0.25, 0.3) is 11.1 Å². The Morgan fingerprint density at radius 3 is 2.10 bits per heavy atom. The standard InChI is InChI=1S/C33H36N4O5/c1-4-21(5-2)29(30(39)28-20(3)31(40)37-33(28)42)36-27(38)19-25(23-14-10-7-11-15-23)35-32(41)26-18-24(16-17-34-26)22-12-8-6-9-13-22/h6-18,20-21,25,28-29H,4-5,19H2,1-3H3,(H,35,41)(H,36,38)(H,37,40,42)/t20-,25-,28+,29?/m0/s1. The van der Waals surface area contributed by atoms with Crippen molar-refractivity contribution in [1.29, 1.82) is 0 Å². The number of carbonyl (C=O) groups is 5. The average molecular weight is 569 g/mol. The minimum atomic E-state index is -1.16. The lowest BCUT2D eigenvalue weighted by atomic mass is 9.81. The maximum Gasteiger partial charge on any atom is 0.270 e. The molecule has 3 aromatic rings. The van der Waals surface area contributed by atoms with Crippen molar-refractivity contribution in [3.8, 4) is 11.1 Å². The summed E-state index contributed by atoms with van der Waals surface area (Å²) in [7, 11) is 0. The van der Waals surface area contributed by atoms with Gasteiger partial charge in [0.2, 0.25) is 17.7 Å². The molecule has 3 N–H and O–H groups in total. The van der Waals surface area contributed by atoms with E-state index in [-0.39, 0.29) is 18.0 Å². The van der Waals surface area contributed by atoms with Gasteiger partial charge in [0, 0.05) is 6.20 Å². The van der Waals surface area contributed by atoms with Gasteiger partial charge in [0.05, 0.1) is 24.4 Å². The van der Waals surface area contributed by atoms with Crippen LogP contribution >= 0.6 is 0 Å². The lowest BCUT2D eigenvalue weighted by molar-refractivity contribution is -0.137. The molecule has 0 bridgehead atoms. The molecule has 218 valence electrons. The van der Waals surface area contributed by atoms with Crippen LogP contribution in [-0.2, 0) is 19.2 Å². The second kappa shape index (κ2) is 13.8. The summed E-state index contributed by atoms with van der Waals surface area (Å²) in [5, 5.41) is 8.01. The Morgan fingerprint density at radius 2 is 1.50 bits per heavy atom. The van der Waals surface area contributed by atoms with Crippen LogP contribution in [-0.4, -0.2) is 40.4 Å². The lowest BCUT2D eigenvalue weighted by Gasteiger charge is -2.28. The van der Waals surface area contributed by atoms with Crippen molar-refractivity contribution in [3.05, 3.63) is 90.3 Å². The van der Waals surface area contributed by atoms with E-state index in [1.165, 1.54) is 6.92 Å². The molecule has 9 heteroatoms. The Morgan fingerprint density at radius 1 is 0.857 bits per heavy atom. The van der Waals surface area contributed by atoms with Crippen molar-refractivity contribution in [2.75, 3.05) is 0 Å². The van der Waals surface area contributed by atoms with Gasteiger partial charge in [0.15, 0.2) is 5.78 Å². The monoisotopic (exact) mass is 568 g/mol. The topological polar surface area (TPSA) is 134 Å². The summed E-state index contributed by atoms with van der Waals surface area (Å²) in [5.41, 5.74) is 2.69. The van der Waals surface area contributed by atoms with E-state index >= 15 is 0 Å². The highest BCUT2D eigenvalue weighted by Crippen LogP contribution is 2.26. The second-order valence-electron chi connectivity index (χ2n) is 10.6. The molecule has 4 atom stereocenters. The number of carbonyl (C=O) groups excluding carboxylic acids is 5. The highest BCUT2D eigenvalue weighted by Gasteiger charge is 2.47. The van der Waals surface area contributed by atoms with E-state index in [4.69, 9.17) is 0 Å². The van der Waals surface area contributed by atoms with Crippen molar-refractivity contribution in [2.24, 2.45) is 17.8 Å². The van der Waals surface area contributed by atoms with E-state index in [0.29, 0.717) is 18.4 Å². The number of nitrogens with zero attached hydrogens (tertiary/aromatic N) is 1. The number of amides is 4. The fraction of sp³-hybridized carbons (Fsp3) is 0.333. The third-order valence-corrected chi connectivity index (χ3v) is 7.89. The van der Waals surface area contributed by atoms with Gasteiger partial charge < -0.3 is 10.6 Å². The van der Waals surface area contributed by atoms with E-state index in [1.807, 2.05) is 80.6 Å². The van der Waals surface area contributed by atoms with E-state index in [9.17, 15) is 24.0 Å². The van der Waals surface area contributed by atoms with E-state index in [1.54, 1.807) is 12.3 Å². The molecular formula is C33H36N4O5. The van der Waals surface area contributed by atoms with Crippen LogP contribution in [0.5, 0.6) is 0 Å². The van der Waals surface area contributed by atoms with Crippen molar-refractivity contribution in [1.82, 2.24) is 20.9 Å². The van der Waals surface area contributed by atoms with Crippen LogP contribution in [0.15, 0.2) is 79.0 Å². The average Bonchev–Trinajstić information content (AvgIpc) is 3.27. The first kappa shape index (κ1) is 30.3. The Hall–Kier alpha value is -4.66. The first-order valence-electron chi connectivity index (χ1n) is 14.3. The van der Waals surface area contributed by atoms with Crippen molar-refractivity contribution >= 4 is 29.4 Å². The smallest absolute Gasteiger partial charge is 0.270 e. The molecule has 0 saturated carbocycles. The molecule has 0 spiro atoms. The molecule has 2 aromatic carbocycles. The van der Waals surface area contributed by atoms with Crippen molar-refractivity contribution in [2.45, 2.75) is 52.1 Å². The molecule has 42 heavy (non-hydrogen) atoms. The molecule has 1 fully saturated rings. The fourth-order valence-electron chi connectivity index (χ4n) is 5.39. The summed E-state index contributed by atoms with van der Waals surface area (Å²) < 4.78 is 0. The zero-order chi connectivity index (χ0) is 30.2. The first-order valence-corrected chi connectivity index (χ1v) is 14.3. The number of Topliss-reactive ketones (excluding diaryl/α,β-unsaturated/α-hetero) is 1. The molecule has 1 aliphatic rings. The molecule has 2 heterocycles. The van der Waals surface area contributed by atoms with Gasteiger partial charge in [0.25, 0.3) is 5.91 Å². The van der Waals surface area contributed by atoms with E-state index in [2.05, 4.69) is 20.9 Å². The molecule has 1 aliphatic heterocycles. The van der Waals surface area contributed by atoms with Gasteiger partial charge in [-0.1, -0.05) is 94.3 Å². The zero-order valence-corrected chi connectivity index (χ0v) is 24.0. The minimum absolute atomic E-state index is 0.149. The number of rotatable bonds is 12. The van der Waals surface area contributed by atoms with Crippen LogP contribution < -0.4 is 16.0 Å². The predicted octanol–water partition coefficient (Wildman–Crippen LogP) is 4.01. The second-order valence-corrected chi connectivity index (χ2v) is 10.6.